The standard InChI is InChI=1S/C20H26N2O/c1-6-22(7-2)18-10-8-17(9-11-18)20(23)21-19-15(4)12-14(3)13-16(19)5/h8-13H,6-7H2,1-5H3,(H,21,23). The first-order valence-electron chi connectivity index (χ1n) is 8.20. The normalized spacial score (nSPS) is 10.5. The second-order valence-corrected chi connectivity index (χ2v) is 5.95. The van der Waals surface area contributed by atoms with Gasteiger partial charge in [-0.15, -0.1) is 0 Å². The second-order valence-electron chi connectivity index (χ2n) is 5.95. The average molecular weight is 310 g/mol. The molecular weight excluding hydrogens is 284 g/mol. The Balaban J connectivity index is 2.19. The quantitative estimate of drug-likeness (QED) is 0.867. The Morgan fingerprint density at radius 1 is 0.957 bits per heavy atom. The van der Waals surface area contributed by atoms with Gasteiger partial charge in [0, 0.05) is 30.0 Å². The number of carbonyl (C=O) groups is 1. The molecule has 0 aliphatic rings. The van der Waals surface area contributed by atoms with Crippen molar-refractivity contribution in [1.82, 2.24) is 0 Å². The van der Waals surface area contributed by atoms with E-state index in [4.69, 9.17) is 0 Å². The SMILES string of the molecule is CCN(CC)c1ccc(C(=O)Nc2c(C)cc(C)cc2C)cc1. The highest BCUT2D eigenvalue weighted by molar-refractivity contribution is 6.05. The van der Waals surface area contributed by atoms with Crippen LogP contribution in [0.3, 0.4) is 0 Å². The molecule has 3 nitrogen and oxygen atoms in total. The lowest BCUT2D eigenvalue weighted by Crippen LogP contribution is -2.22. The van der Waals surface area contributed by atoms with Gasteiger partial charge in [-0.1, -0.05) is 17.7 Å². The van der Waals surface area contributed by atoms with Gasteiger partial charge < -0.3 is 10.2 Å². The molecule has 3 heteroatoms. The first-order chi connectivity index (χ1) is 11.0. The molecule has 0 atom stereocenters. The lowest BCUT2D eigenvalue weighted by atomic mass is 10.0. The predicted octanol–water partition coefficient (Wildman–Crippen LogP) is 4.71. The molecule has 2 aromatic rings. The summed E-state index contributed by atoms with van der Waals surface area (Å²) in [5.74, 6) is -0.0637. The van der Waals surface area contributed by atoms with E-state index in [1.54, 1.807) is 0 Å². The number of nitrogens with zero attached hydrogens (tertiary/aromatic N) is 1. The van der Waals surface area contributed by atoms with E-state index in [0.717, 1.165) is 35.6 Å². The summed E-state index contributed by atoms with van der Waals surface area (Å²) in [6, 6.07) is 12.0. The summed E-state index contributed by atoms with van der Waals surface area (Å²) in [7, 11) is 0. The van der Waals surface area contributed by atoms with Crippen LogP contribution in [0.15, 0.2) is 36.4 Å². The average Bonchev–Trinajstić information content (AvgIpc) is 2.52. The van der Waals surface area contributed by atoms with Gasteiger partial charge in [-0.05, 0) is 70.0 Å². The Labute approximate surface area is 139 Å². The highest BCUT2D eigenvalue weighted by Crippen LogP contribution is 2.23. The number of rotatable bonds is 5. The first kappa shape index (κ1) is 17.1. The summed E-state index contributed by atoms with van der Waals surface area (Å²) < 4.78 is 0. The molecule has 0 saturated carbocycles. The minimum atomic E-state index is -0.0637. The lowest BCUT2D eigenvalue weighted by molar-refractivity contribution is 0.102. The van der Waals surface area contributed by atoms with Gasteiger partial charge in [-0.2, -0.15) is 0 Å². The fraction of sp³-hybridized carbons (Fsp3) is 0.350. The molecule has 0 bridgehead atoms. The highest BCUT2D eigenvalue weighted by Gasteiger charge is 2.11. The maximum atomic E-state index is 12.5. The zero-order valence-electron chi connectivity index (χ0n) is 14.7. The lowest BCUT2D eigenvalue weighted by Gasteiger charge is -2.21. The van der Waals surface area contributed by atoms with E-state index in [-0.39, 0.29) is 5.91 Å². The Hall–Kier alpha value is -2.29. The Bertz CT molecular complexity index is 662. The summed E-state index contributed by atoms with van der Waals surface area (Å²) in [5, 5.41) is 3.05. The molecule has 0 spiro atoms. The summed E-state index contributed by atoms with van der Waals surface area (Å²) in [6.45, 7) is 12.3. The Morgan fingerprint density at radius 3 is 1.96 bits per heavy atom. The number of hydrogen-bond acceptors (Lipinski definition) is 2. The van der Waals surface area contributed by atoms with Gasteiger partial charge in [0.15, 0.2) is 0 Å². The number of benzene rings is 2. The van der Waals surface area contributed by atoms with Gasteiger partial charge in [-0.3, -0.25) is 4.79 Å². The zero-order chi connectivity index (χ0) is 17.0. The number of hydrogen-bond donors (Lipinski definition) is 1. The van der Waals surface area contributed by atoms with Gasteiger partial charge in [0.2, 0.25) is 0 Å². The van der Waals surface area contributed by atoms with E-state index >= 15 is 0 Å². The smallest absolute Gasteiger partial charge is 0.255 e. The molecule has 0 saturated heterocycles. The minimum absolute atomic E-state index is 0.0637. The summed E-state index contributed by atoms with van der Waals surface area (Å²) in [5.41, 5.74) is 6.13. The van der Waals surface area contributed by atoms with E-state index in [0.29, 0.717) is 5.56 Å². The van der Waals surface area contributed by atoms with E-state index in [1.807, 2.05) is 38.1 Å². The van der Waals surface area contributed by atoms with Crippen LogP contribution < -0.4 is 10.2 Å². The second kappa shape index (κ2) is 7.32. The fourth-order valence-electron chi connectivity index (χ4n) is 2.98. The van der Waals surface area contributed by atoms with Crippen LogP contribution in [0.4, 0.5) is 11.4 Å². The van der Waals surface area contributed by atoms with Crippen LogP contribution in [-0.2, 0) is 0 Å². The van der Waals surface area contributed by atoms with Gasteiger partial charge >= 0.3 is 0 Å². The van der Waals surface area contributed by atoms with E-state index in [9.17, 15) is 4.79 Å². The maximum absolute atomic E-state index is 12.5. The third kappa shape index (κ3) is 3.92. The van der Waals surface area contributed by atoms with Gasteiger partial charge in [0.1, 0.15) is 0 Å². The van der Waals surface area contributed by atoms with Crippen molar-refractivity contribution in [2.24, 2.45) is 0 Å². The van der Waals surface area contributed by atoms with Crippen molar-refractivity contribution in [1.29, 1.82) is 0 Å². The van der Waals surface area contributed by atoms with Crippen LogP contribution in [0.2, 0.25) is 0 Å². The Kier molecular flexibility index (Phi) is 5.43. The molecule has 0 aromatic heterocycles. The third-order valence-electron chi connectivity index (χ3n) is 4.17. The van der Waals surface area contributed by atoms with Crippen molar-refractivity contribution in [2.45, 2.75) is 34.6 Å². The van der Waals surface area contributed by atoms with E-state index < -0.39 is 0 Å². The van der Waals surface area contributed by atoms with Crippen molar-refractivity contribution >= 4 is 17.3 Å². The molecule has 0 fully saturated rings. The monoisotopic (exact) mass is 310 g/mol. The van der Waals surface area contributed by atoms with Crippen molar-refractivity contribution < 1.29 is 4.79 Å². The van der Waals surface area contributed by atoms with Crippen LogP contribution >= 0.6 is 0 Å². The summed E-state index contributed by atoms with van der Waals surface area (Å²) in [6.07, 6.45) is 0. The largest absolute Gasteiger partial charge is 0.372 e. The molecule has 0 unspecified atom stereocenters. The van der Waals surface area contributed by atoms with E-state index in [2.05, 4.69) is 43.1 Å². The number of nitrogens with one attached hydrogen (secondary N) is 1. The number of aryl methyl sites for hydroxylation is 3. The molecule has 0 heterocycles. The van der Waals surface area contributed by atoms with Crippen LogP contribution in [0.1, 0.15) is 40.9 Å². The molecule has 122 valence electrons. The molecule has 2 rings (SSSR count). The predicted molar refractivity (Wildman–Crippen MR) is 98.6 cm³/mol. The number of amides is 1. The van der Waals surface area contributed by atoms with Crippen molar-refractivity contribution in [3.63, 3.8) is 0 Å². The molecule has 0 aliphatic heterocycles. The molecule has 1 amide bonds. The zero-order valence-corrected chi connectivity index (χ0v) is 14.7. The Morgan fingerprint density at radius 2 is 1.48 bits per heavy atom. The molecular formula is C20H26N2O. The molecule has 0 aliphatic carbocycles. The molecule has 1 N–H and O–H groups in total. The van der Waals surface area contributed by atoms with Crippen LogP contribution in [-0.4, -0.2) is 19.0 Å². The fourth-order valence-corrected chi connectivity index (χ4v) is 2.98. The molecule has 23 heavy (non-hydrogen) atoms. The first-order valence-corrected chi connectivity index (χ1v) is 8.20. The third-order valence-corrected chi connectivity index (χ3v) is 4.17. The number of anilines is 2. The molecule has 0 radical (unpaired) electrons. The highest BCUT2D eigenvalue weighted by atomic mass is 16.1. The molecule has 2 aromatic carbocycles. The number of carbonyl (C=O) groups excluding carboxylic acids is 1. The summed E-state index contributed by atoms with van der Waals surface area (Å²) >= 11 is 0. The van der Waals surface area contributed by atoms with Crippen molar-refractivity contribution in [3.8, 4) is 0 Å². The van der Waals surface area contributed by atoms with Crippen molar-refractivity contribution in [3.05, 3.63) is 58.7 Å². The topological polar surface area (TPSA) is 32.3 Å². The van der Waals surface area contributed by atoms with E-state index in [1.165, 1.54) is 5.56 Å². The van der Waals surface area contributed by atoms with Crippen LogP contribution in [0.5, 0.6) is 0 Å². The van der Waals surface area contributed by atoms with Crippen LogP contribution in [0.25, 0.3) is 0 Å². The van der Waals surface area contributed by atoms with Crippen LogP contribution in [0, 0.1) is 20.8 Å². The van der Waals surface area contributed by atoms with Gasteiger partial charge in [0.25, 0.3) is 5.91 Å². The maximum Gasteiger partial charge on any atom is 0.255 e. The minimum Gasteiger partial charge on any atom is -0.372 e. The van der Waals surface area contributed by atoms with Gasteiger partial charge in [0.05, 0.1) is 0 Å². The summed E-state index contributed by atoms with van der Waals surface area (Å²) in [4.78, 5) is 14.8. The van der Waals surface area contributed by atoms with Gasteiger partial charge in [-0.25, -0.2) is 0 Å². The van der Waals surface area contributed by atoms with Crippen molar-refractivity contribution in [2.75, 3.05) is 23.3 Å².